The van der Waals surface area contributed by atoms with Crippen molar-refractivity contribution in [1.29, 1.82) is 0 Å². The molecule has 0 heterocycles. The second kappa shape index (κ2) is 2.15. The molecule has 0 aromatic heterocycles. The van der Waals surface area contributed by atoms with Gasteiger partial charge < -0.3 is 5.11 Å². The van der Waals surface area contributed by atoms with Crippen LogP contribution < -0.4 is 0 Å². The number of aliphatic hydroxyl groups excluding tert-OH is 1. The lowest BCUT2D eigenvalue weighted by Crippen LogP contribution is -2.16. The van der Waals surface area contributed by atoms with Crippen LogP contribution in [0, 0.1) is 5.41 Å². The topological polar surface area (TPSA) is 20.2 Å². The first-order valence-electron chi connectivity index (χ1n) is 3.57. The molecule has 56 valence electrons. The highest BCUT2D eigenvalue weighted by Crippen LogP contribution is 2.35. The van der Waals surface area contributed by atoms with Crippen LogP contribution in [0.1, 0.15) is 26.7 Å². The van der Waals surface area contributed by atoms with Crippen molar-refractivity contribution in [3.05, 3.63) is 24.0 Å². The molecule has 0 aromatic rings. The molecular weight excluding hydrogens is 124 g/mol. The van der Waals surface area contributed by atoms with Crippen molar-refractivity contribution < 1.29 is 5.11 Å². The van der Waals surface area contributed by atoms with Crippen molar-refractivity contribution in [1.82, 2.24) is 0 Å². The summed E-state index contributed by atoms with van der Waals surface area (Å²) >= 11 is 0. The van der Waals surface area contributed by atoms with Crippen LogP contribution in [-0.4, -0.2) is 5.11 Å². The van der Waals surface area contributed by atoms with E-state index in [1.54, 1.807) is 6.08 Å². The molecule has 0 aliphatic heterocycles. The van der Waals surface area contributed by atoms with Gasteiger partial charge in [0.25, 0.3) is 0 Å². The van der Waals surface area contributed by atoms with Gasteiger partial charge >= 0.3 is 0 Å². The predicted molar refractivity (Wildman–Crippen MR) is 42.9 cm³/mol. The summed E-state index contributed by atoms with van der Waals surface area (Å²) in [6.45, 7) is 8.10. The lowest BCUT2D eigenvalue weighted by Gasteiger charge is -2.28. The van der Waals surface area contributed by atoms with Crippen LogP contribution in [-0.2, 0) is 0 Å². The Morgan fingerprint density at radius 1 is 1.50 bits per heavy atom. The van der Waals surface area contributed by atoms with Gasteiger partial charge in [0.1, 0.15) is 0 Å². The highest BCUT2D eigenvalue weighted by molar-refractivity contribution is 5.23. The molecule has 0 atom stereocenters. The average molecular weight is 138 g/mol. The highest BCUT2D eigenvalue weighted by Gasteiger charge is 2.23. The van der Waals surface area contributed by atoms with Gasteiger partial charge in [-0.15, -0.1) is 0 Å². The van der Waals surface area contributed by atoms with Crippen LogP contribution in [0.15, 0.2) is 24.0 Å². The second-order valence-corrected chi connectivity index (χ2v) is 3.81. The molecule has 1 rings (SSSR count). The highest BCUT2D eigenvalue weighted by atomic mass is 16.3. The number of allylic oxidation sites excluding steroid dienone is 3. The van der Waals surface area contributed by atoms with E-state index in [2.05, 4.69) is 20.4 Å². The van der Waals surface area contributed by atoms with Gasteiger partial charge in [0, 0.05) is 6.42 Å². The molecule has 1 N–H and O–H groups in total. The molecule has 0 bridgehead atoms. The Morgan fingerprint density at radius 2 is 2.10 bits per heavy atom. The van der Waals surface area contributed by atoms with Crippen LogP contribution in [0.3, 0.4) is 0 Å². The van der Waals surface area contributed by atoms with Gasteiger partial charge in [-0.2, -0.15) is 0 Å². The van der Waals surface area contributed by atoms with Crippen LogP contribution >= 0.6 is 0 Å². The summed E-state index contributed by atoms with van der Waals surface area (Å²) in [4.78, 5) is 0. The van der Waals surface area contributed by atoms with Crippen LogP contribution in [0.5, 0.6) is 0 Å². The quantitative estimate of drug-likeness (QED) is 0.545. The largest absolute Gasteiger partial charge is 0.512 e. The molecule has 1 nitrogen and oxygen atoms in total. The van der Waals surface area contributed by atoms with E-state index in [1.165, 1.54) is 0 Å². The number of hydrogen-bond acceptors (Lipinski definition) is 1. The molecule has 0 fully saturated rings. The second-order valence-electron chi connectivity index (χ2n) is 3.81. The van der Waals surface area contributed by atoms with E-state index in [9.17, 15) is 5.11 Å². The summed E-state index contributed by atoms with van der Waals surface area (Å²) in [6, 6.07) is 0. The Hall–Kier alpha value is -0.720. The Bertz CT molecular complexity index is 187. The van der Waals surface area contributed by atoms with Gasteiger partial charge in [-0.3, -0.25) is 0 Å². The monoisotopic (exact) mass is 138 g/mol. The molecule has 0 amide bonds. The van der Waals surface area contributed by atoms with Crippen LogP contribution in [0.4, 0.5) is 0 Å². The average Bonchev–Trinajstić information content (AvgIpc) is 1.54. The number of hydrogen-bond donors (Lipinski definition) is 1. The lowest BCUT2D eigenvalue weighted by molar-refractivity contribution is 0.269. The first-order chi connectivity index (χ1) is 4.49. The fourth-order valence-corrected chi connectivity index (χ4v) is 1.51. The summed E-state index contributed by atoms with van der Waals surface area (Å²) in [6.07, 6.45) is 3.55. The third-order valence-electron chi connectivity index (χ3n) is 1.74. The van der Waals surface area contributed by atoms with E-state index >= 15 is 0 Å². The van der Waals surface area contributed by atoms with Gasteiger partial charge in [0.15, 0.2) is 0 Å². The lowest BCUT2D eigenvalue weighted by atomic mass is 9.78. The van der Waals surface area contributed by atoms with Crippen molar-refractivity contribution in [2.24, 2.45) is 5.41 Å². The predicted octanol–water partition coefficient (Wildman–Crippen LogP) is 2.80. The molecule has 0 saturated carbocycles. The van der Waals surface area contributed by atoms with Crippen molar-refractivity contribution in [2.45, 2.75) is 26.7 Å². The molecule has 1 aliphatic rings. The minimum atomic E-state index is 0.204. The SMILES string of the molecule is C=C1C=C(O)CC(C)(C)C1. The minimum Gasteiger partial charge on any atom is -0.512 e. The van der Waals surface area contributed by atoms with Gasteiger partial charge in [-0.05, 0) is 17.9 Å². The summed E-state index contributed by atoms with van der Waals surface area (Å²) in [5.41, 5.74) is 1.24. The van der Waals surface area contributed by atoms with E-state index in [-0.39, 0.29) is 5.41 Å². The smallest absolute Gasteiger partial charge is 0.0930 e. The third-order valence-corrected chi connectivity index (χ3v) is 1.74. The molecule has 0 unspecified atom stereocenters. The van der Waals surface area contributed by atoms with Gasteiger partial charge in [0.05, 0.1) is 5.76 Å². The molecule has 0 spiro atoms. The Balaban J connectivity index is 2.80. The maximum absolute atomic E-state index is 9.22. The fraction of sp³-hybridized carbons (Fsp3) is 0.556. The standard InChI is InChI=1S/C9H14O/c1-7-4-8(10)6-9(2,3)5-7/h4,10H,1,5-6H2,2-3H3. The van der Waals surface area contributed by atoms with E-state index in [4.69, 9.17) is 0 Å². The Labute approximate surface area is 62.1 Å². The molecule has 1 aliphatic carbocycles. The van der Waals surface area contributed by atoms with Crippen molar-refractivity contribution in [3.8, 4) is 0 Å². The summed E-state index contributed by atoms with van der Waals surface area (Å²) in [5.74, 6) is 0.473. The zero-order valence-electron chi connectivity index (χ0n) is 6.65. The summed E-state index contributed by atoms with van der Waals surface area (Å²) in [5, 5.41) is 9.22. The Morgan fingerprint density at radius 3 is 2.50 bits per heavy atom. The zero-order valence-corrected chi connectivity index (χ0v) is 6.65. The number of aliphatic hydroxyl groups is 1. The molecule has 1 heteroatoms. The van der Waals surface area contributed by atoms with Crippen molar-refractivity contribution in [3.63, 3.8) is 0 Å². The van der Waals surface area contributed by atoms with Gasteiger partial charge in [0.2, 0.25) is 0 Å². The van der Waals surface area contributed by atoms with Crippen LogP contribution in [0.2, 0.25) is 0 Å². The normalized spacial score (nSPS) is 24.2. The van der Waals surface area contributed by atoms with Gasteiger partial charge in [-0.25, -0.2) is 0 Å². The van der Waals surface area contributed by atoms with Crippen molar-refractivity contribution in [2.75, 3.05) is 0 Å². The molecular formula is C9H14O. The first-order valence-corrected chi connectivity index (χ1v) is 3.57. The maximum atomic E-state index is 9.22. The molecule has 0 aromatic carbocycles. The third kappa shape index (κ3) is 1.63. The summed E-state index contributed by atoms with van der Waals surface area (Å²) in [7, 11) is 0. The summed E-state index contributed by atoms with van der Waals surface area (Å²) < 4.78 is 0. The Kier molecular flexibility index (Phi) is 1.59. The fourth-order valence-electron chi connectivity index (χ4n) is 1.51. The number of rotatable bonds is 0. The molecule has 10 heavy (non-hydrogen) atoms. The van der Waals surface area contributed by atoms with Crippen molar-refractivity contribution >= 4 is 0 Å². The molecule has 0 saturated heterocycles. The first kappa shape index (κ1) is 7.39. The molecule has 0 radical (unpaired) electrons. The van der Waals surface area contributed by atoms with E-state index < -0.39 is 0 Å². The van der Waals surface area contributed by atoms with E-state index in [1.807, 2.05) is 0 Å². The zero-order chi connectivity index (χ0) is 7.78. The van der Waals surface area contributed by atoms with E-state index in [0.29, 0.717) is 5.76 Å². The van der Waals surface area contributed by atoms with Gasteiger partial charge in [-0.1, -0.05) is 26.0 Å². The van der Waals surface area contributed by atoms with E-state index in [0.717, 1.165) is 18.4 Å². The maximum Gasteiger partial charge on any atom is 0.0930 e. The minimum absolute atomic E-state index is 0.204. The van der Waals surface area contributed by atoms with Crippen LogP contribution in [0.25, 0.3) is 0 Å².